The molecule has 0 radical (unpaired) electrons. The fourth-order valence-electron chi connectivity index (χ4n) is 3.77. The molecular formula is C26H32. The number of benzene rings is 2. The van der Waals surface area contributed by atoms with E-state index in [1.54, 1.807) is 0 Å². The number of hydrogen-bond donors (Lipinski definition) is 0. The van der Waals surface area contributed by atoms with Gasteiger partial charge in [-0.2, -0.15) is 0 Å². The van der Waals surface area contributed by atoms with Crippen LogP contribution in [0.4, 0.5) is 0 Å². The molecule has 0 fully saturated rings. The predicted molar refractivity (Wildman–Crippen MR) is 116 cm³/mol. The van der Waals surface area contributed by atoms with Gasteiger partial charge < -0.3 is 0 Å². The van der Waals surface area contributed by atoms with E-state index in [2.05, 4.69) is 102 Å². The van der Waals surface area contributed by atoms with E-state index >= 15 is 0 Å². The van der Waals surface area contributed by atoms with Gasteiger partial charge in [-0.05, 0) is 35.1 Å². The quantitative estimate of drug-likeness (QED) is 0.438. The van der Waals surface area contributed by atoms with Crippen molar-refractivity contribution in [2.75, 3.05) is 0 Å². The normalized spacial score (nSPS) is 16.4. The first-order chi connectivity index (χ1) is 12.5. The average molecular weight is 345 g/mol. The second kappa shape index (κ2) is 8.36. The first-order valence-corrected chi connectivity index (χ1v) is 9.58. The predicted octanol–water partition coefficient (Wildman–Crippen LogP) is 7.37. The summed E-state index contributed by atoms with van der Waals surface area (Å²) in [5.41, 5.74) is 5.21. The molecule has 26 heavy (non-hydrogen) atoms. The Hall–Kier alpha value is -2.34. The van der Waals surface area contributed by atoms with Crippen molar-refractivity contribution in [3.05, 3.63) is 108 Å². The van der Waals surface area contributed by atoms with E-state index in [1.165, 1.54) is 22.3 Å². The average Bonchev–Trinajstić information content (AvgIpc) is 2.71. The van der Waals surface area contributed by atoms with Gasteiger partial charge in [-0.3, -0.25) is 0 Å². The summed E-state index contributed by atoms with van der Waals surface area (Å²) in [4.78, 5) is 0. The van der Waals surface area contributed by atoms with E-state index in [-0.39, 0.29) is 10.8 Å². The van der Waals surface area contributed by atoms with E-state index in [0.717, 1.165) is 12.8 Å². The number of allylic oxidation sites excluding steroid dienone is 4. The van der Waals surface area contributed by atoms with Gasteiger partial charge >= 0.3 is 0 Å². The van der Waals surface area contributed by atoms with Crippen LogP contribution in [0.5, 0.6) is 0 Å². The third-order valence-corrected chi connectivity index (χ3v) is 6.12. The molecule has 0 saturated heterocycles. The molecule has 2 aromatic carbocycles. The lowest BCUT2D eigenvalue weighted by Crippen LogP contribution is -2.26. The first kappa shape index (κ1) is 20.0. The minimum Gasteiger partial charge on any atom is -0.0991 e. The van der Waals surface area contributed by atoms with Crippen LogP contribution >= 0.6 is 0 Å². The second-order valence-electron chi connectivity index (χ2n) is 7.38. The highest BCUT2D eigenvalue weighted by Gasteiger charge is 2.31. The Morgan fingerprint density at radius 2 is 1.46 bits per heavy atom. The maximum absolute atomic E-state index is 4.04. The van der Waals surface area contributed by atoms with E-state index in [4.69, 9.17) is 0 Å². The summed E-state index contributed by atoms with van der Waals surface area (Å²) < 4.78 is 0. The minimum absolute atomic E-state index is 0.00240. The van der Waals surface area contributed by atoms with Crippen molar-refractivity contribution in [1.29, 1.82) is 0 Å². The summed E-state index contributed by atoms with van der Waals surface area (Å²) in [5.74, 6) is 0. The van der Waals surface area contributed by atoms with Crippen LogP contribution < -0.4 is 0 Å². The molecule has 0 aliphatic heterocycles. The van der Waals surface area contributed by atoms with Crippen molar-refractivity contribution in [2.24, 2.45) is 0 Å². The third-order valence-electron chi connectivity index (χ3n) is 6.12. The van der Waals surface area contributed by atoms with E-state index in [1.807, 2.05) is 12.2 Å². The van der Waals surface area contributed by atoms with Crippen LogP contribution in [0.2, 0.25) is 0 Å². The third kappa shape index (κ3) is 3.60. The number of hydrogen-bond acceptors (Lipinski definition) is 0. The van der Waals surface area contributed by atoms with Crippen molar-refractivity contribution in [1.82, 2.24) is 0 Å². The Labute approximate surface area is 160 Å². The fourth-order valence-corrected chi connectivity index (χ4v) is 3.77. The van der Waals surface area contributed by atoms with Crippen molar-refractivity contribution in [3.8, 4) is 0 Å². The van der Waals surface area contributed by atoms with E-state index < -0.39 is 0 Å². The molecule has 0 aliphatic carbocycles. The molecule has 2 unspecified atom stereocenters. The van der Waals surface area contributed by atoms with Gasteiger partial charge in [-0.25, -0.2) is 0 Å². The Balaban J connectivity index is 2.61. The van der Waals surface area contributed by atoms with Gasteiger partial charge in [0.25, 0.3) is 0 Å². The zero-order valence-corrected chi connectivity index (χ0v) is 16.8. The van der Waals surface area contributed by atoms with Gasteiger partial charge in [-0.15, -0.1) is 0 Å². The SMILES string of the molecule is C=C/C=C(\C=C)C(C)(CC)c1cccc(C(C)(CC)c2ccccc2)c1. The van der Waals surface area contributed by atoms with Gasteiger partial charge in [0, 0.05) is 10.8 Å². The summed E-state index contributed by atoms with van der Waals surface area (Å²) in [6, 6.07) is 19.9. The van der Waals surface area contributed by atoms with Crippen LogP contribution in [0.25, 0.3) is 0 Å². The molecule has 0 bridgehead atoms. The molecule has 2 aromatic rings. The second-order valence-corrected chi connectivity index (χ2v) is 7.38. The molecule has 0 saturated carbocycles. The Morgan fingerprint density at radius 3 is 2.00 bits per heavy atom. The minimum atomic E-state index is -0.0721. The maximum atomic E-state index is 4.04. The topological polar surface area (TPSA) is 0 Å². The van der Waals surface area contributed by atoms with Crippen LogP contribution in [0.15, 0.2) is 91.6 Å². The van der Waals surface area contributed by atoms with Crippen LogP contribution in [-0.4, -0.2) is 0 Å². The first-order valence-electron chi connectivity index (χ1n) is 9.58. The summed E-state index contributed by atoms with van der Waals surface area (Å²) in [7, 11) is 0. The van der Waals surface area contributed by atoms with Crippen LogP contribution in [0.1, 0.15) is 57.2 Å². The van der Waals surface area contributed by atoms with Gasteiger partial charge in [0.2, 0.25) is 0 Å². The molecule has 136 valence electrons. The largest absolute Gasteiger partial charge is 0.0991 e. The van der Waals surface area contributed by atoms with Gasteiger partial charge in [0.1, 0.15) is 0 Å². The molecule has 2 rings (SSSR count). The Kier molecular flexibility index (Phi) is 6.42. The molecule has 0 nitrogen and oxygen atoms in total. The van der Waals surface area contributed by atoms with Crippen molar-refractivity contribution < 1.29 is 0 Å². The highest BCUT2D eigenvalue weighted by Crippen LogP contribution is 2.40. The Bertz CT molecular complexity index is 781. The van der Waals surface area contributed by atoms with Crippen LogP contribution in [0.3, 0.4) is 0 Å². The zero-order chi connectivity index (χ0) is 19.2. The fraction of sp³-hybridized carbons (Fsp3) is 0.308. The van der Waals surface area contributed by atoms with Gasteiger partial charge in [-0.1, -0.05) is 114 Å². The summed E-state index contributed by atoms with van der Waals surface area (Å²) in [6.07, 6.45) is 7.97. The molecule has 0 heterocycles. The molecule has 0 aliphatic rings. The maximum Gasteiger partial charge on any atom is 0.0172 e. The smallest absolute Gasteiger partial charge is 0.0172 e. The molecule has 0 amide bonds. The van der Waals surface area contributed by atoms with Crippen LogP contribution in [-0.2, 0) is 10.8 Å². The molecular weight excluding hydrogens is 312 g/mol. The molecule has 0 spiro atoms. The summed E-state index contributed by atoms with van der Waals surface area (Å²) in [5, 5.41) is 0. The van der Waals surface area contributed by atoms with E-state index in [9.17, 15) is 0 Å². The molecule has 0 heteroatoms. The number of rotatable bonds is 8. The standard InChI is InChI=1S/C26H32/c1-7-15-21(8-2)25(5,9-3)23-18-14-19-24(20-23)26(6,10-4)22-16-12-11-13-17-22/h7-8,11-20H,1-2,9-10H2,3-6H3/b21-15+. The zero-order valence-electron chi connectivity index (χ0n) is 16.8. The van der Waals surface area contributed by atoms with Crippen molar-refractivity contribution in [3.63, 3.8) is 0 Å². The summed E-state index contributed by atoms with van der Waals surface area (Å²) >= 11 is 0. The molecule has 0 N–H and O–H groups in total. The van der Waals surface area contributed by atoms with Crippen molar-refractivity contribution in [2.45, 2.75) is 51.4 Å². The monoisotopic (exact) mass is 344 g/mol. The van der Waals surface area contributed by atoms with Gasteiger partial charge in [0.05, 0.1) is 0 Å². The van der Waals surface area contributed by atoms with E-state index in [0.29, 0.717) is 0 Å². The molecule has 2 atom stereocenters. The lowest BCUT2D eigenvalue weighted by molar-refractivity contribution is 0.531. The van der Waals surface area contributed by atoms with Crippen molar-refractivity contribution >= 4 is 0 Å². The Morgan fingerprint density at radius 1 is 0.846 bits per heavy atom. The highest BCUT2D eigenvalue weighted by molar-refractivity contribution is 5.46. The lowest BCUT2D eigenvalue weighted by Gasteiger charge is -2.34. The lowest BCUT2D eigenvalue weighted by atomic mass is 9.69. The van der Waals surface area contributed by atoms with Crippen LogP contribution in [0, 0.1) is 0 Å². The highest BCUT2D eigenvalue weighted by atomic mass is 14.3. The molecule has 0 aromatic heterocycles. The summed E-state index contributed by atoms with van der Waals surface area (Å²) in [6.45, 7) is 17.1. The van der Waals surface area contributed by atoms with Gasteiger partial charge in [0.15, 0.2) is 0 Å².